The minimum atomic E-state index is -3.57. The molecule has 0 radical (unpaired) electrons. The molecule has 1 atom stereocenters. The van der Waals surface area contributed by atoms with E-state index in [1.165, 1.54) is 29.2 Å². The zero-order chi connectivity index (χ0) is 29.1. The van der Waals surface area contributed by atoms with E-state index in [4.69, 9.17) is 0 Å². The summed E-state index contributed by atoms with van der Waals surface area (Å²) < 4.78 is 40.6. The monoisotopic (exact) mass is 567 g/mol. The van der Waals surface area contributed by atoms with Crippen LogP contribution in [0.5, 0.6) is 0 Å². The molecule has 0 saturated heterocycles. The molecule has 3 aromatic rings. The van der Waals surface area contributed by atoms with E-state index in [9.17, 15) is 22.4 Å². The number of nitrogens with one attached hydrogen (secondary N) is 2. The number of carbonyl (C=O) groups excluding carboxylic acids is 2. The molecule has 2 N–H and O–H groups in total. The summed E-state index contributed by atoms with van der Waals surface area (Å²) in [5.41, 5.74) is 2.17. The Labute approximate surface area is 236 Å². The van der Waals surface area contributed by atoms with Gasteiger partial charge in [-0.1, -0.05) is 75.4 Å². The normalized spacial score (nSPS) is 12.2. The number of halogens is 1. The van der Waals surface area contributed by atoms with Gasteiger partial charge in [0.15, 0.2) is 0 Å². The third-order valence-corrected chi connectivity index (χ3v) is 8.04. The van der Waals surface area contributed by atoms with Crippen molar-refractivity contribution in [2.24, 2.45) is 5.92 Å². The average Bonchev–Trinajstić information content (AvgIpc) is 2.93. The van der Waals surface area contributed by atoms with Crippen LogP contribution >= 0.6 is 0 Å². The van der Waals surface area contributed by atoms with Gasteiger partial charge in [0, 0.05) is 26.1 Å². The Morgan fingerprint density at radius 1 is 0.900 bits per heavy atom. The highest BCUT2D eigenvalue weighted by Gasteiger charge is 2.31. The fraction of sp³-hybridized carbons (Fsp3) is 0.355. The van der Waals surface area contributed by atoms with Gasteiger partial charge in [0.2, 0.25) is 21.8 Å². The second-order valence-electron chi connectivity index (χ2n) is 10.1. The van der Waals surface area contributed by atoms with Crippen molar-refractivity contribution >= 4 is 21.8 Å². The van der Waals surface area contributed by atoms with Crippen molar-refractivity contribution < 1.29 is 22.4 Å². The Morgan fingerprint density at radius 2 is 1.52 bits per heavy atom. The van der Waals surface area contributed by atoms with Crippen LogP contribution in [0.25, 0.3) is 0 Å². The van der Waals surface area contributed by atoms with Crippen molar-refractivity contribution in [2.45, 2.75) is 57.5 Å². The molecular weight excluding hydrogens is 529 g/mol. The maximum atomic E-state index is 13.8. The molecule has 0 heterocycles. The minimum absolute atomic E-state index is 0.100. The van der Waals surface area contributed by atoms with Crippen molar-refractivity contribution in [2.75, 3.05) is 13.1 Å². The number of amides is 2. The molecule has 0 aliphatic heterocycles. The number of benzene rings is 3. The van der Waals surface area contributed by atoms with E-state index in [0.717, 1.165) is 12.0 Å². The number of carbonyl (C=O) groups is 2. The van der Waals surface area contributed by atoms with E-state index in [-0.39, 0.29) is 42.0 Å². The molecule has 0 aliphatic carbocycles. The van der Waals surface area contributed by atoms with Gasteiger partial charge < -0.3 is 10.2 Å². The van der Waals surface area contributed by atoms with Crippen molar-refractivity contribution in [3.8, 4) is 0 Å². The van der Waals surface area contributed by atoms with Crippen molar-refractivity contribution in [3.63, 3.8) is 0 Å². The summed E-state index contributed by atoms with van der Waals surface area (Å²) in [5.74, 6) is -0.499. The fourth-order valence-electron chi connectivity index (χ4n) is 4.30. The first-order valence-electron chi connectivity index (χ1n) is 13.6. The smallest absolute Gasteiger partial charge is 0.247 e. The Kier molecular flexibility index (Phi) is 11.4. The molecule has 1 unspecified atom stereocenters. The summed E-state index contributed by atoms with van der Waals surface area (Å²) >= 11 is 0. The standard InChI is InChI=1S/C31H38FN3O4S/c1-4-34-40(38,39)28-17-12-24(13-18-28)14-19-29(36)35(22-25-10-15-27(32)16-11-25)30(26-8-6-5-7-9-26)31(37)33-21-20-23(2)3/h5-13,15-18,23,30,34H,4,14,19-22H2,1-3H3,(H,33,37). The molecule has 2 amide bonds. The van der Waals surface area contributed by atoms with Crippen LogP contribution in [-0.4, -0.2) is 38.2 Å². The first kappa shape index (κ1) is 31.0. The number of aryl methyl sites for hydroxylation is 1. The van der Waals surface area contributed by atoms with Gasteiger partial charge in [0.05, 0.1) is 4.90 Å². The van der Waals surface area contributed by atoms with Crippen LogP contribution in [-0.2, 0) is 32.6 Å². The topological polar surface area (TPSA) is 95.6 Å². The molecule has 0 saturated carbocycles. The summed E-state index contributed by atoms with van der Waals surface area (Å²) in [7, 11) is -3.57. The molecule has 0 aromatic heterocycles. The SMILES string of the molecule is CCNS(=O)(=O)c1ccc(CCC(=O)N(Cc2ccc(F)cc2)C(C(=O)NCCC(C)C)c2ccccc2)cc1. The van der Waals surface area contributed by atoms with Gasteiger partial charge in [-0.15, -0.1) is 0 Å². The molecule has 9 heteroatoms. The highest BCUT2D eigenvalue weighted by Crippen LogP contribution is 2.25. The van der Waals surface area contributed by atoms with Crippen LogP contribution in [0.15, 0.2) is 83.8 Å². The Bertz CT molecular complexity index is 1350. The van der Waals surface area contributed by atoms with Crippen LogP contribution in [0, 0.1) is 11.7 Å². The number of sulfonamides is 1. The van der Waals surface area contributed by atoms with Gasteiger partial charge in [-0.25, -0.2) is 17.5 Å². The van der Waals surface area contributed by atoms with Gasteiger partial charge in [-0.2, -0.15) is 0 Å². The predicted octanol–water partition coefficient (Wildman–Crippen LogP) is 4.99. The largest absolute Gasteiger partial charge is 0.354 e. The first-order valence-corrected chi connectivity index (χ1v) is 15.0. The summed E-state index contributed by atoms with van der Waals surface area (Å²) in [6.07, 6.45) is 1.26. The third-order valence-electron chi connectivity index (χ3n) is 6.48. The molecular formula is C31H38FN3O4S. The molecule has 40 heavy (non-hydrogen) atoms. The van der Waals surface area contributed by atoms with Gasteiger partial charge in [0.1, 0.15) is 11.9 Å². The Hall–Kier alpha value is -3.56. The maximum absolute atomic E-state index is 13.8. The fourth-order valence-corrected chi connectivity index (χ4v) is 5.34. The van der Waals surface area contributed by atoms with Crippen LogP contribution in [0.3, 0.4) is 0 Å². The van der Waals surface area contributed by atoms with Gasteiger partial charge >= 0.3 is 0 Å². The minimum Gasteiger partial charge on any atom is -0.354 e. The Morgan fingerprint density at radius 3 is 2.12 bits per heavy atom. The molecule has 0 bridgehead atoms. The van der Waals surface area contributed by atoms with E-state index in [1.54, 1.807) is 31.2 Å². The van der Waals surface area contributed by atoms with Crippen LogP contribution in [0.2, 0.25) is 0 Å². The highest BCUT2D eigenvalue weighted by atomic mass is 32.2. The lowest BCUT2D eigenvalue weighted by Gasteiger charge is -2.32. The van der Waals surface area contributed by atoms with Crippen molar-refractivity contribution in [3.05, 3.63) is 101 Å². The quantitative estimate of drug-likeness (QED) is 0.287. The van der Waals surface area contributed by atoms with Crippen molar-refractivity contribution in [1.82, 2.24) is 14.9 Å². The number of nitrogens with zero attached hydrogens (tertiary/aromatic N) is 1. The van der Waals surface area contributed by atoms with Crippen LogP contribution in [0.4, 0.5) is 4.39 Å². The maximum Gasteiger partial charge on any atom is 0.247 e. The summed E-state index contributed by atoms with van der Waals surface area (Å²) in [6.45, 7) is 6.76. The lowest BCUT2D eigenvalue weighted by atomic mass is 10.0. The molecule has 3 rings (SSSR count). The lowest BCUT2D eigenvalue weighted by molar-refractivity contribution is -0.141. The number of hydrogen-bond acceptors (Lipinski definition) is 4. The average molecular weight is 568 g/mol. The van der Waals surface area contributed by atoms with E-state index in [2.05, 4.69) is 23.9 Å². The highest BCUT2D eigenvalue weighted by molar-refractivity contribution is 7.89. The van der Waals surface area contributed by atoms with E-state index in [1.807, 2.05) is 30.3 Å². The summed E-state index contributed by atoms with van der Waals surface area (Å²) in [6, 6.07) is 20.6. The second-order valence-corrected chi connectivity index (χ2v) is 11.8. The number of rotatable bonds is 14. The summed E-state index contributed by atoms with van der Waals surface area (Å²) in [4.78, 5) is 29.0. The van der Waals surface area contributed by atoms with Gasteiger partial charge in [-0.05, 0) is 59.7 Å². The predicted molar refractivity (Wildman–Crippen MR) is 154 cm³/mol. The van der Waals surface area contributed by atoms with Crippen LogP contribution in [0.1, 0.15) is 56.3 Å². The van der Waals surface area contributed by atoms with Gasteiger partial charge in [-0.3, -0.25) is 9.59 Å². The molecule has 214 valence electrons. The summed E-state index contributed by atoms with van der Waals surface area (Å²) in [5, 5.41) is 2.99. The molecule has 3 aromatic carbocycles. The van der Waals surface area contributed by atoms with Crippen molar-refractivity contribution in [1.29, 1.82) is 0 Å². The third kappa shape index (κ3) is 8.99. The molecule has 0 spiro atoms. The molecule has 0 fully saturated rings. The molecule has 0 aliphatic rings. The van der Waals surface area contributed by atoms with E-state index >= 15 is 0 Å². The van der Waals surface area contributed by atoms with Crippen LogP contribution < -0.4 is 10.0 Å². The van der Waals surface area contributed by atoms with E-state index in [0.29, 0.717) is 30.0 Å². The zero-order valence-corrected chi connectivity index (χ0v) is 24.1. The zero-order valence-electron chi connectivity index (χ0n) is 23.3. The Balaban J connectivity index is 1.87. The van der Waals surface area contributed by atoms with Gasteiger partial charge in [0.25, 0.3) is 0 Å². The lowest BCUT2D eigenvalue weighted by Crippen LogP contribution is -2.43. The van der Waals surface area contributed by atoms with E-state index < -0.39 is 16.1 Å². The second kappa shape index (κ2) is 14.7. The number of hydrogen-bond donors (Lipinski definition) is 2. The first-order chi connectivity index (χ1) is 19.1. The molecule has 7 nitrogen and oxygen atoms in total.